The van der Waals surface area contributed by atoms with Crippen molar-refractivity contribution in [2.24, 2.45) is 0 Å². The van der Waals surface area contributed by atoms with Gasteiger partial charge in [0.2, 0.25) is 26.9 Å². The predicted octanol–water partition coefficient (Wildman–Crippen LogP) is 14.6. The topological polar surface area (TPSA) is 249 Å². The number of nitrogens with two attached hydrogens (primary N) is 2. The largest absolute Gasteiger partial charge is 0.481 e. The van der Waals surface area contributed by atoms with Crippen molar-refractivity contribution in [2.75, 3.05) is 69.6 Å². The maximum Gasteiger partial charge on any atom is 0.305 e. The van der Waals surface area contributed by atoms with E-state index in [-0.39, 0.29) is 44.7 Å². The Hall–Kier alpha value is -6.54. The van der Waals surface area contributed by atoms with Crippen LogP contribution in [0, 0.1) is 10.1 Å². The molecule has 21 heteroatoms. The first-order valence-corrected chi connectivity index (χ1v) is 32.2. The number of ether oxygens (including phenoxy) is 1. The van der Waals surface area contributed by atoms with E-state index < -0.39 is 20.1 Å². The lowest BCUT2D eigenvalue weighted by Crippen LogP contribution is -2.24. The second-order valence-electron chi connectivity index (χ2n) is 18.9. The molecule has 0 atom stereocenters. The van der Waals surface area contributed by atoms with Crippen molar-refractivity contribution in [3.63, 3.8) is 0 Å². The van der Waals surface area contributed by atoms with E-state index in [4.69, 9.17) is 20.8 Å². The summed E-state index contributed by atoms with van der Waals surface area (Å²) < 4.78 is 13.8. The molecule has 3 aliphatic heterocycles. The Kier molecular flexibility index (Phi) is 38.8. The van der Waals surface area contributed by atoms with Crippen LogP contribution >= 0.6 is 37.3 Å². The molecular weight excluding hydrogens is 1200 g/mol. The van der Waals surface area contributed by atoms with Crippen molar-refractivity contribution in [3.8, 4) is 0 Å². The number of carbonyl (C=O) groups is 5. The fourth-order valence-electron chi connectivity index (χ4n) is 8.89. The van der Waals surface area contributed by atoms with Gasteiger partial charge in [-0.1, -0.05) is 125 Å². The number of nitro groups is 1. The van der Waals surface area contributed by atoms with Crippen molar-refractivity contribution < 1.29 is 44.4 Å². The quantitative estimate of drug-likeness (QED) is 0.0121. The van der Waals surface area contributed by atoms with Gasteiger partial charge < -0.3 is 41.3 Å². The third-order valence-corrected chi connectivity index (χ3v) is 13.7. The molecule has 0 aliphatic carbocycles. The van der Waals surface area contributed by atoms with Gasteiger partial charge in [0.25, 0.3) is 5.69 Å². The van der Waals surface area contributed by atoms with Gasteiger partial charge in [0.05, 0.1) is 17.2 Å². The Morgan fingerprint density at radius 2 is 1.10 bits per heavy atom. The lowest BCUT2D eigenvalue weighted by atomic mass is 10.1. The number of anilines is 6. The van der Waals surface area contributed by atoms with Gasteiger partial charge >= 0.3 is 11.9 Å². The van der Waals surface area contributed by atoms with Gasteiger partial charge in [-0.05, 0) is 129 Å². The summed E-state index contributed by atoms with van der Waals surface area (Å²) in [7, 11) is 7.36. The molecule has 3 saturated heterocycles. The number of nitro benzene ring substituents is 1. The molecule has 17 nitrogen and oxygen atoms in total. The summed E-state index contributed by atoms with van der Waals surface area (Å²) in [5.41, 5.74) is 22.9. The Bertz CT molecular complexity index is 2850. The van der Waals surface area contributed by atoms with Gasteiger partial charge in [0.15, 0.2) is 0 Å². The Labute approximate surface area is 519 Å². The minimum atomic E-state index is -1.67. The highest BCUT2D eigenvalue weighted by molar-refractivity contribution is 9.09. The van der Waals surface area contributed by atoms with E-state index in [9.17, 15) is 34.1 Å². The van der Waals surface area contributed by atoms with Crippen LogP contribution in [0.25, 0.3) is 0 Å². The predicted molar refractivity (Wildman–Crippen MR) is 353 cm³/mol. The summed E-state index contributed by atoms with van der Waals surface area (Å²) in [5.74, 6) is -0.293. The van der Waals surface area contributed by atoms with Crippen molar-refractivity contribution in [1.82, 2.24) is 0 Å². The van der Waals surface area contributed by atoms with E-state index in [0.717, 1.165) is 110 Å². The van der Waals surface area contributed by atoms with E-state index in [1.807, 2.05) is 96.4 Å². The lowest BCUT2D eigenvalue weighted by molar-refractivity contribution is -0.384. The molecule has 3 heterocycles. The number of para-hydroxylation sites is 3. The number of halogens is 3. The average molecular weight is 1290 g/mol. The number of nitrogens with one attached hydrogen (secondary N) is 1. The van der Waals surface area contributed by atoms with Crippen LogP contribution in [0.2, 0.25) is 0 Å². The number of hydrogen-bond acceptors (Lipinski definition) is 12. The number of aliphatic carboxylic acids is 1. The Balaban J connectivity index is 0.000000991. The zero-order chi connectivity index (χ0) is 61.7. The van der Waals surface area contributed by atoms with Crippen LogP contribution in [0.3, 0.4) is 0 Å². The maximum atomic E-state index is 11.7. The summed E-state index contributed by atoms with van der Waals surface area (Å²) in [6.07, 6.45) is 11.6. The first-order valence-electron chi connectivity index (χ1n) is 28.3. The number of nitrogens with zero attached hydrogens (tertiary/aromatic N) is 4. The van der Waals surface area contributed by atoms with E-state index in [1.165, 1.54) is 34.4 Å². The van der Waals surface area contributed by atoms with Crippen LogP contribution in [0.1, 0.15) is 142 Å². The number of hydrogen-bond donors (Lipinski definition) is 4. The fourth-order valence-corrected chi connectivity index (χ4v) is 9.17. The van der Waals surface area contributed by atoms with Crippen LogP contribution in [0.4, 0.5) is 39.8 Å². The number of amides is 3. The molecule has 464 valence electrons. The number of benzene rings is 5. The highest BCUT2D eigenvalue weighted by Gasteiger charge is 2.26. The number of aryl methyl sites for hydroxylation is 5. The Morgan fingerprint density at radius 3 is 1.54 bits per heavy atom. The average Bonchev–Trinajstić information content (AvgIpc) is 4.46. The molecule has 0 spiro atoms. The second kappa shape index (κ2) is 43.1. The number of esters is 1. The first kappa shape index (κ1) is 75.5. The number of nitrogen functional groups attached to an aromatic ring is 2. The van der Waals surface area contributed by atoms with Crippen molar-refractivity contribution in [2.45, 2.75) is 145 Å². The summed E-state index contributed by atoms with van der Waals surface area (Å²) in [5, 5.41) is 23.4. The molecule has 0 radical (unpaired) electrons. The molecule has 0 unspecified atom stereocenters. The summed E-state index contributed by atoms with van der Waals surface area (Å²) in [6, 6.07) is 34.8. The first-order chi connectivity index (χ1) is 39.8. The van der Waals surface area contributed by atoms with Gasteiger partial charge in [0, 0.05) is 127 Å². The van der Waals surface area contributed by atoms with Crippen molar-refractivity contribution in [1.29, 1.82) is 0 Å². The van der Waals surface area contributed by atoms with E-state index in [0.29, 0.717) is 57.5 Å². The summed E-state index contributed by atoms with van der Waals surface area (Å²) >= 11 is 3.22. The van der Waals surface area contributed by atoms with Crippen LogP contribution < -0.4 is 31.5 Å². The molecule has 0 bridgehead atoms. The highest BCUT2D eigenvalue weighted by atomic mass is 79.9. The Morgan fingerprint density at radius 1 is 0.655 bits per heavy atom. The molecule has 6 N–H and O–H groups in total. The number of carboxylic acids is 1. The lowest BCUT2D eigenvalue weighted by Gasteiger charge is -2.19. The molecule has 3 amide bonds. The van der Waals surface area contributed by atoms with Gasteiger partial charge in [0.1, 0.15) is 0 Å². The van der Waals surface area contributed by atoms with Gasteiger partial charge in [-0.25, -0.2) is 4.21 Å². The van der Waals surface area contributed by atoms with Crippen LogP contribution in [-0.4, -0.2) is 82.0 Å². The van der Waals surface area contributed by atoms with E-state index in [1.54, 1.807) is 11.0 Å². The molecule has 0 aromatic heterocycles. The van der Waals surface area contributed by atoms with Crippen molar-refractivity contribution in [3.05, 3.63) is 147 Å². The molecule has 3 fully saturated rings. The highest BCUT2D eigenvalue weighted by Crippen LogP contribution is 2.31. The maximum absolute atomic E-state index is 11.7. The molecular formula is C63H90BrCl2N7O10S. The van der Waals surface area contributed by atoms with Crippen LogP contribution in [0.5, 0.6) is 0 Å². The molecule has 8 rings (SSSR count). The summed E-state index contributed by atoms with van der Waals surface area (Å²) in [4.78, 5) is 71.5. The zero-order valence-electron chi connectivity index (χ0n) is 48.8. The molecule has 84 heavy (non-hydrogen) atoms. The monoisotopic (exact) mass is 1290 g/mol. The summed E-state index contributed by atoms with van der Waals surface area (Å²) in [6.45, 7) is 15.8. The van der Waals surface area contributed by atoms with Crippen molar-refractivity contribution >= 4 is 116 Å². The standard InChI is InChI=1S/C12H14N2O3.C12H16N2O.C12H17NO2.C12H15NO.C8H11N.C6H11BrO2.CH4.Cl2OS.H2/c1-2-9-5-6-10(14(16)17)8-11(9)13-7-3-4-12(13)15;1-2-9-5-6-10(13)8-11(9)14-7-3-4-12(14)15;1-2-10-6-3-4-7-11(10)13-9-5-8-12(14)15;1-2-10-6-3-4-7-11(10)13-9-5-8-12(13)14;1-2-7-5-3-4-6-8(7)9;1-2-9-6(8)4-3-5-7;;1-4(2)3;/h5-6,8H,2-4,7H2,1H3;5-6,8H,2-4,7,13H2,1H3;3-4,6-7,13H,2,5,8-9H2,1H3,(H,14,15);3-4,6-7H,2,5,8-9H2,1H3;3-6H,2,9H2,1H3;2-5H2,1H3;1H4;;1H. The molecule has 0 saturated carbocycles. The molecule has 3 aliphatic rings. The minimum absolute atomic E-state index is 0. The smallest absolute Gasteiger partial charge is 0.305 e. The van der Waals surface area contributed by atoms with Crippen LogP contribution in [-0.2, 0) is 70.0 Å². The number of carbonyl (C=O) groups excluding carboxylic acids is 4. The number of alkyl halides is 1. The number of rotatable bonds is 18. The third kappa shape index (κ3) is 27.9. The minimum Gasteiger partial charge on any atom is -0.481 e. The van der Waals surface area contributed by atoms with Gasteiger partial charge in [-0.2, -0.15) is 0 Å². The van der Waals surface area contributed by atoms with E-state index >= 15 is 0 Å². The SMILES string of the molecule is C.CCOC(=O)CCCBr.CCc1ccc(N)cc1N1CCCC1=O.CCc1ccc([N+](=O)[O-])cc1N1CCCC1=O.CCc1ccccc1N.CCc1ccccc1N1CCCC1=O.CCc1ccccc1NCCCC(=O)O.O=S(Cl)Cl.[HH]. The zero-order valence-corrected chi connectivity index (χ0v) is 52.8. The number of carboxylic acid groups (broad SMARTS) is 1. The second-order valence-corrected chi connectivity index (χ2v) is 22.2. The fraction of sp³-hybridized carbons (Fsp3) is 0.444. The van der Waals surface area contributed by atoms with E-state index in [2.05, 4.69) is 93.2 Å². The number of non-ortho nitro benzene ring substituents is 1. The normalized spacial score (nSPS) is 12.9. The van der Waals surface area contributed by atoms with Gasteiger partial charge in [-0.15, -0.1) is 0 Å². The third-order valence-electron chi connectivity index (χ3n) is 13.2. The van der Waals surface area contributed by atoms with Gasteiger partial charge in [-0.3, -0.25) is 34.1 Å². The molecule has 5 aromatic carbocycles. The van der Waals surface area contributed by atoms with Crippen LogP contribution in [0.15, 0.2) is 109 Å². The molecule has 5 aromatic rings.